The normalized spacial score (nSPS) is 10.7. The molecular weight excluding hydrogens is 469 g/mol. The molecule has 32 heavy (non-hydrogen) atoms. The first-order chi connectivity index (χ1) is 15.4. The van der Waals surface area contributed by atoms with Crippen LogP contribution in [0.25, 0.3) is 0 Å². The lowest BCUT2D eigenvalue weighted by Crippen LogP contribution is -2.17. The summed E-state index contributed by atoms with van der Waals surface area (Å²) in [7, 11) is 0. The van der Waals surface area contributed by atoms with Crippen molar-refractivity contribution in [1.29, 1.82) is 0 Å². The van der Waals surface area contributed by atoms with E-state index in [9.17, 15) is 9.59 Å². The van der Waals surface area contributed by atoms with Crippen LogP contribution in [0.3, 0.4) is 0 Å². The van der Waals surface area contributed by atoms with E-state index in [1.807, 2.05) is 6.07 Å². The van der Waals surface area contributed by atoms with E-state index in [0.717, 1.165) is 5.56 Å². The van der Waals surface area contributed by atoms with E-state index < -0.39 is 5.91 Å². The van der Waals surface area contributed by atoms with Crippen LogP contribution in [0.2, 0.25) is 15.1 Å². The fraction of sp³-hybridized carbons (Fsp3) is 0.0417. The van der Waals surface area contributed by atoms with Crippen molar-refractivity contribution >= 4 is 52.3 Å². The number of amides is 1. The molecule has 3 aromatic carbocycles. The number of nitrogens with one attached hydrogen (secondary N) is 1. The van der Waals surface area contributed by atoms with E-state index in [1.54, 1.807) is 77.6 Å². The fourth-order valence-electron chi connectivity index (χ4n) is 3.16. The predicted octanol–water partition coefficient (Wildman–Crippen LogP) is 6.37. The van der Waals surface area contributed by atoms with Crippen LogP contribution in [0.1, 0.15) is 31.8 Å². The third-order valence-electron chi connectivity index (χ3n) is 4.73. The van der Waals surface area contributed by atoms with E-state index in [-0.39, 0.29) is 11.3 Å². The van der Waals surface area contributed by atoms with E-state index in [2.05, 4.69) is 10.4 Å². The molecule has 0 saturated heterocycles. The molecule has 0 fully saturated rings. The average Bonchev–Trinajstić information content (AvgIpc) is 3.23. The molecule has 0 aliphatic rings. The van der Waals surface area contributed by atoms with Gasteiger partial charge in [0.05, 0.1) is 22.2 Å². The lowest BCUT2D eigenvalue weighted by atomic mass is 9.98. The van der Waals surface area contributed by atoms with Gasteiger partial charge in [0.25, 0.3) is 5.91 Å². The molecule has 0 atom stereocenters. The summed E-state index contributed by atoms with van der Waals surface area (Å²) in [5.74, 6) is -0.330. The van der Waals surface area contributed by atoms with Gasteiger partial charge in [0, 0.05) is 28.4 Å². The maximum atomic E-state index is 12.9. The van der Waals surface area contributed by atoms with Gasteiger partial charge in [-0.2, -0.15) is 5.10 Å². The molecule has 0 saturated carbocycles. The van der Waals surface area contributed by atoms with Crippen molar-refractivity contribution in [1.82, 2.24) is 9.78 Å². The molecule has 4 aromatic rings. The highest BCUT2D eigenvalue weighted by molar-refractivity contribution is 6.42. The standard InChI is InChI=1S/C24H16Cl3N3O2/c25-17-8-6-16(7-9-17)23(31)18-3-1-2-4-19(18)24(32)28-22-11-12-30(29-22)14-15-5-10-20(26)21(27)13-15/h1-13H,14H2,(H,28,29,32). The Hall–Kier alpha value is -3.12. The van der Waals surface area contributed by atoms with Crippen LogP contribution in [0, 0.1) is 0 Å². The van der Waals surface area contributed by atoms with Crippen LogP contribution in [0.15, 0.2) is 79.0 Å². The number of carbonyl (C=O) groups excluding carboxylic acids is 2. The number of nitrogens with zero attached hydrogens (tertiary/aromatic N) is 2. The molecule has 1 heterocycles. The van der Waals surface area contributed by atoms with Gasteiger partial charge in [0.15, 0.2) is 11.6 Å². The van der Waals surface area contributed by atoms with Gasteiger partial charge in [-0.25, -0.2) is 0 Å². The zero-order valence-electron chi connectivity index (χ0n) is 16.6. The van der Waals surface area contributed by atoms with E-state index in [4.69, 9.17) is 34.8 Å². The molecule has 8 heteroatoms. The number of aromatic nitrogens is 2. The summed E-state index contributed by atoms with van der Waals surface area (Å²) in [5, 5.41) is 8.60. The fourth-order valence-corrected chi connectivity index (χ4v) is 3.61. The smallest absolute Gasteiger partial charge is 0.257 e. The van der Waals surface area contributed by atoms with Crippen LogP contribution in [-0.4, -0.2) is 21.5 Å². The van der Waals surface area contributed by atoms with Crippen LogP contribution >= 0.6 is 34.8 Å². The molecule has 4 rings (SSSR count). The summed E-state index contributed by atoms with van der Waals surface area (Å²) in [6.45, 7) is 0.457. The molecule has 0 aliphatic carbocycles. The number of anilines is 1. The van der Waals surface area contributed by atoms with Crippen molar-refractivity contribution < 1.29 is 9.59 Å². The molecule has 160 valence electrons. The molecule has 0 radical (unpaired) electrons. The summed E-state index contributed by atoms with van der Waals surface area (Å²) < 4.78 is 1.67. The SMILES string of the molecule is O=C(Nc1ccn(Cc2ccc(Cl)c(Cl)c2)n1)c1ccccc1C(=O)c1ccc(Cl)cc1. The summed E-state index contributed by atoms with van der Waals surface area (Å²) in [6, 6.07) is 20.2. The van der Waals surface area contributed by atoms with E-state index in [1.165, 1.54) is 0 Å². The predicted molar refractivity (Wildman–Crippen MR) is 127 cm³/mol. The zero-order valence-corrected chi connectivity index (χ0v) is 18.8. The molecule has 1 N–H and O–H groups in total. The number of carbonyl (C=O) groups is 2. The van der Waals surface area contributed by atoms with Gasteiger partial charge in [-0.05, 0) is 48.0 Å². The molecule has 1 aromatic heterocycles. The molecule has 1 amide bonds. The maximum Gasteiger partial charge on any atom is 0.257 e. The van der Waals surface area contributed by atoms with Crippen LogP contribution in [-0.2, 0) is 6.54 Å². The largest absolute Gasteiger partial charge is 0.305 e. The van der Waals surface area contributed by atoms with Crippen LogP contribution in [0.5, 0.6) is 0 Å². The van der Waals surface area contributed by atoms with Crippen molar-refractivity contribution in [3.8, 4) is 0 Å². The first-order valence-corrected chi connectivity index (χ1v) is 10.7. The Balaban J connectivity index is 1.51. The molecule has 5 nitrogen and oxygen atoms in total. The summed E-state index contributed by atoms with van der Waals surface area (Å²) >= 11 is 17.9. The minimum Gasteiger partial charge on any atom is -0.305 e. The third kappa shape index (κ3) is 5.02. The van der Waals surface area contributed by atoms with E-state index >= 15 is 0 Å². The van der Waals surface area contributed by atoms with Crippen LogP contribution in [0.4, 0.5) is 5.82 Å². The Bertz CT molecular complexity index is 1300. The van der Waals surface area contributed by atoms with Crippen molar-refractivity contribution in [2.24, 2.45) is 0 Å². The maximum absolute atomic E-state index is 12.9. The van der Waals surface area contributed by atoms with Gasteiger partial charge in [0.2, 0.25) is 0 Å². The number of halogens is 3. The number of ketones is 1. The first kappa shape index (κ1) is 22.1. The molecular formula is C24H16Cl3N3O2. The van der Waals surface area contributed by atoms with Crippen molar-refractivity contribution in [3.63, 3.8) is 0 Å². The van der Waals surface area contributed by atoms with Crippen molar-refractivity contribution in [3.05, 3.63) is 116 Å². The second kappa shape index (κ2) is 9.57. The first-order valence-electron chi connectivity index (χ1n) is 9.59. The van der Waals surface area contributed by atoms with Gasteiger partial charge < -0.3 is 5.32 Å². The van der Waals surface area contributed by atoms with Gasteiger partial charge >= 0.3 is 0 Å². The summed E-state index contributed by atoms with van der Waals surface area (Å²) in [5.41, 5.74) is 1.91. The minimum absolute atomic E-state index is 0.256. The molecule has 0 aliphatic heterocycles. The summed E-state index contributed by atoms with van der Waals surface area (Å²) in [6.07, 6.45) is 1.74. The third-order valence-corrected chi connectivity index (χ3v) is 5.72. The highest BCUT2D eigenvalue weighted by Crippen LogP contribution is 2.23. The average molecular weight is 485 g/mol. The Morgan fingerprint density at radius 3 is 2.28 bits per heavy atom. The number of benzene rings is 3. The van der Waals surface area contributed by atoms with Gasteiger partial charge in [-0.3, -0.25) is 14.3 Å². The lowest BCUT2D eigenvalue weighted by Gasteiger charge is -2.09. The summed E-state index contributed by atoms with van der Waals surface area (Å²) in [4.78, 5) is 25.8. The molecule has 0 spiro atoms. The van der Waals surface area contributed by atoms with Crippen LogP contribution < -0.4 is 5.32 Å². The minimum atomic E-state index is -0.428. The molecule has 0 bridgehead atoms. The van der Waals surface area contributed by atoms with E-state index in [0.29, 0.717) is 38.6 Å². The van der Waals surface area contributed by atoms with Crippen molar-refractivity contribution in [2.75, 3.05) is 5.32 Å². The Morgan fingerprint density at radius 1 is 0.844 bits per heavy atom. The second-order valence-corrected chi connectivity index (χ2v) is 8.23. The van der Waals surface area contributed by atoms with Gasteiger partial charge in [0.1, 0.15) is 0 Å². The Kier molecular flexibility index (Phi) is 6.61. The number of rotatable bonds is 6. The highest BCUT2D eigenvalue weighted by Gasteiger charge is 2.19. The highest BCUT2D eigenvalue weighted by atomic mass is 35.5. The van der Waals surface area contributed by atoms with Gasteiger partial charge in [-0.1, -0.05) is 59.1 Å². The topological polar surface area (TPSA) is 64.0 Å². The van der Waals surface area contributed by atoms with Gasteiger partial charge in [-0.15, -0.1) is 0 Å². The number of hydrogen-bond acceptors (Lipinski definition) is 3. The molecule has 0 unspecified atom stereocenters. The number of hydrogen-bond donors (Lipinski definition) is 1. The Labute approximate surface area is 199 Å². The lowest BCUT2D eigenvalue weighted by molar-refractivity contribution is 0.0996. The Morgan fingerprint density at radius 2 is 1.56 bits per heavy atom. The zero-order chi connectivity index (χ0) is 22.7. The van der Waals surface area contributed by atoms with Crippen molar-refractivity contribution in [2.45, 2.75) is 6.54 Å². The second-order valence-electron chi connectivity index (χ2n) is 6.98. The quantitative estimate of drug-likeness (QED) is 0.323. The monoisotopic (exact) mass is 483 g/mol.